The van der Waals surface area contributed by atoms with Gasteiger partial charge in [-0.1, -0.05) is 109 Å². The zero-order valence-corrected chi connectivity index (χ0v) is 18.0. The van der Waals surface area contributed by atoms with E-state index in [0.29, 0.717) is 0 Å². The predicted octanol–water partition coefficient (Wildman–Crippen LogP) is 8.43. The molecule has 1 nitrogen and oxygen atoms in total. The standard InChI is InChI=1S/C31H23N/c1-22-11-10-14-24(21-22)27-20-19-26(23-12-4-2-5-13-23)30-28-17-8-9-18-29(28)32(31(27)30)25-15-6-3-7-16-25/h2-21H,1H3. The van der Waals surface area contributed by atoms with E-state index in [1.807, 2.05) is 0 Å². The summed E-state index contributed by atoms with van der Waals surface area (Å²) in [4.78, 5) is 0. The van der Waals surface area contributed by atoms with Crippen LogP contribution in [-0.2, 0) is 0 Å². The summed E-state index contributed by atoms with van der Waals surface area (Å²) in [5, 5.41) is 2.58. The van der Waals surface area contributed by atoms with E-state index in [1.54, 1.807) is 0 Å². The van der Waals surface area contributed by atoms with Crippen molar-refractivity contribution < 1.29 is 0 Å². The van der Waals surface area contributed by atoms with Crippen LogP contribution >= 0.6 is 0 Å². The molecule has 0 aliphatic rings. The van der Waals surface area contributed by atoms with Gasteiger partial charge in [-0.25, -0.2) is 0 Å². The minimum absolute atomic E-state index is 1.18. The topological polar surface area (TPSA) is 4.93 Å². The smallest absolute Gasteiger partial charge is 0.0625 e. The Hall–Kier alpha value is -4.10. The molecule has 0 amide bonds. The lowest BCUT2D eigenvalue weighted by Crippen LogP contribution is -1.95. The van der Waals surface area contributed by atoms with Gasteiger partial charge in [0.2, 0.25) is 0 Å². The molecule has 6 rings (SSSR count). The fraction of sp³-hybridized carbons (Fsp3) is 0.0323. The summed E-state index contributed by atoms with van der Waals surface area (Å²) < 4.78 is 2.43. The highest BCUT2D eigenvalue weighted by Gasteiger charge is 2.19. The lowest BCUT2D eigenvalue weighted by molar-refractivity contribution is 1.18. The SMILES string of the molecule is Cc1cccc(-c2ccc(-c3ccccc3)c3c4ccccc4n(-c4ccccc4)c23)c1. The second-order valence-corrected chi connectivity index (χ2v) is 8.31. The van der Waals surface area contributed by atoms with Crippen LogP contribution < -0.4 is 0 Å². The molecule has 6 aromatic rings. The molecule has 5 aromatic carbocycles. The molecule has 0 fully saturated rings. The van der Waals surface area contributed by atoms with Crippen molar-refractivity contribution in [2.75, 3.05) is 0 Å². The fourth-order valence-electron chi connectivity index (χ4n) is 4.85. The molecule has 0 aliphatic carbocycles. The average molecular weight is 410 g/mol. The Morgan fingerprint density at radius 1 is 0.531 bits per heavy atom. The Morgan fingerprint density at radius 3 is 1.97 bits per heavy atom. The van der Waals surface area contributed by atoms with Gasteiger partial charge in [0.1, 0.15) is 0 Å². The summed E-state index contributed by atoms with van der Waals surface area (Å²) in [7, 11) is 0. The van der Waals surface area contributed by atoms with Crippen molar-refractivity contribution in [3.05, 3.63) is 127 Å². The largest absolute Gasteiger partial charge is 0.309 e. The number of para-hydroxylation sites is 2. The van der Waals surface area contributed by atoms with E-state index in [4.69, 9.17) is 0 Å². The van der Waals surface area contributed by atoms with Gasteiger partial charge in [-0.2, -0.15) is 0 Å². The van der Waals surface area contributed by atoms with Crippen LogP contribution in [0.25, 0.3) is 49.7 Å². The van der Waals surface area contributed by atoms with Crippen molar-refractivity contribution in [3.63, 3.8) is 0 Å². The zero-order chi connectivity index (χ0) is 21.5. The van der Waals surface area contributed by atoms with Crippen molar-refractivity contribution in [1.82, 2.24) is 4.57 Å². The summed E-state index contributed by atoms with van der Waals surface area (Å²) in [6.45, 7) is 2.16. The van der Waals surface area contributed by atoms with E-state index in [0.717, 1.165) is 0 Å². The van der Waals surface area contributed by atoms with Crippen molar-refractivity contribution >= 4 is 21.8 Å². The van der Waals surface area contributed by atoms with Gasteiger partial charge >= 0.3 is 0 Å². The van der Waals surface area contributed by atoms with E-state index in [2.05, 4.69) is 133 Å². The number of nitrogens with zero attached hydrogens (tertiary/aromatic N) is 1. The van der Waals surface area contributed by atoms with E-state index < -0.39 is 0 Å². The minimum atomic E-state index is 1.18. The van der Waals surface area contributed by atoms with Gasteiger partial charge in [-0.3, -0.25) is 0 Å². The van der Waals surface area contributed by atoms with E-state index in [1.165, 1.54) is 55.3 Å². The van der Waals surface area contributed by atoms with Crippen molar-refractivity contribution in [1.29, 1.82) is 0 Å². The van der Waals surface area contributed by atoms with Crippen LogP contribution in [0.15, 0.2) is 121 Å². The zero-order valence-electron chi connectivity index (χ0n) is 18.0. The van der Waals surface area contributed by atoms with Crippen LogP contribution in [0.2, 0.25) is 0 Å². The lowest BCUT2D eigenvalue weighted by atomic mass is 9.94. The molecule has 0 bridgehead atoms. The third-order valence-corrected chi connectivity index (χ3v) is 6.24. The molecule has 32 heavy (non-hydrogen) atoms. The van der Waals surface area contributed by atoms with Crippen LogP contribution in [0.3, 0.4) is 0 Å². The Kier molecular flexibility index (Phi) is 4.40. The molecule has 1 aromatic heterocycles. The van der Waals surface area contributed by atoms with Gasteiger partial charge in [-0.05, 0) is 41.8 Å². The molecule has 0 atom stereocenters. The number of hydrogen-bond donors (Lipinski definition) is 0. The summed E-state index contributed by atoms with van der Waals surface area (Å²) in [5.74, 6) is 0. The third-order valence-electron chi connectivity index (χ3n) is 6.24. The number of aryl methyl sites for hydroxylation is 1. The highest BCUT2D eigenvalue weighted by molar-refractivity contribution is 6.19. The highest BCUT2D eigenvalue weighted by Crippen LogP contribution is 2.43. The van der Waals surface area contributed by atoms with Gasteiger partial charge in [0.15, 0.2) is 0 Å². The highest BCUT2D eigenvalue weighted by atomic mass is 15.0. The summed E-state index contributed by atoms with van der Waals surface area (Å²) in [5.41, 5.74) is 9.93. The van der Waals surface area contributed by atoms with Crippen LogP contribution in [0.1, 0.15) is 5.56 Å². The molecule has 0 spiro atoms. The number of hydrogen-bond acceptors (Lipinski definition) is 0. The molecule has 0 saturated heterocycles. The third kappa shape index (κ3) is 2.94. The van der Waals surface area contributed by atoms with Crippen molar-refractivity contribution in [2.45, 2.75) is 6.92 Å². The second kappa shape index (κ2) is 7.55. The minimum Gasteiger partial charge on any atom is -0.309 e. The Labute approximate surface area is 188 Å². The molecular weight excluding hydrogens is 386 g/mol. The van der Waals surface area contributed by atoms with Gasteiger partial charge in [0.05, 0.1) is 11.0 Å². The maximum Gasteiger partial charge on any atom is 0.0625 e. The first-order valence-corrected chi connectivity index (χ1v) is 11.1. The number of fused-ring (bicyclic) bond motifs is 3. The van der Waals surface area contributed by atoms with E-state index in [9.17, 15) is 0 Å². The monoisotopic (exact) mass is 409 g/mol. The van der Waals surface area contributed by atoms with Crippen LogP contribution in [0.4, 0.5) is 0 Å². The van der Waals surface area contributed by atoms with Gasteiger partial charge in [0, 0.05) is 22.0 Å². The maximum atomic E-state index is 2.43. The molecule has 0 radical (unpaired) electrons. The average Bonchev–Trinajstić information content (AvgIpc) is 3.20. The van der Waals surface area contributed by atoms with Gasteiger partial charge in [0.25, 0.3) is 0 Å². The number of benzene rings is 5. The van der Waals surface area contributed by atoms with Gasteiger partial charge < -0.3 is 4.57 Å². The number of rotatable bonds is 3. The fourth-order valence-corrected chi connectivity index (χ4v) is 4.85. The molecule has 152 valence electrons. The molecule has 1 heterocycles. The van der Waals surface area contributed by atoms with Crippen LogP contribution in [-0.4, -0.2) is 4.57 Å². The lowest BCUT2D eigenvalue weighted by Gasteiger charge is -2.14. The van der Waals surface area contributed by atoms with Crippen molar-refractivity contribution in [3.8, 4) is 27.9 Å². The molecule has 0 unspecified atom stereocenters. The van der Waals surface area contributed by atoms with Crippen molar-refractivity contribution in [2.24, 2.45) is 0 Å². The Balaban J connectivity index is 1.84. The first kappa shape index (κ1) is 18.7. The first-order valence-electron chi connectivity index (χ1n) is 11.1. The Morgan fingerprint density at radius 2 is 1.19 bits per heavy atom. The molecule has 0 aliphatic heterocycles. The molecule has 1 heteroatoms. The molecule has 0 saturated carbocycles. The maximum absolute atomic E-state index is 2.43. The summed E-state index contributed by atoms with van der Waals surface area (Å²) in [6.07, 6.45) is 0. The Bertz CT molecular complexity index is 1560. The second-order valence-electron chi connectivity index (χ2n) is 8.31. The normalized spacial score (nSPS) is 11.3. The van der Waals surface area contributed by atoms with E-state index >= 15 is 0 Å². The van der Waals surface area contributed by atoms with E-state index in [-0.39, 0.29) is 0 Å². The van der Waals surface area contributed by atoms with Crippen LogP contribution in [0.5, 0.6) is 0 Å². The quantitative estimate of drug-likeness (QED) is 0.276. The first-order chi connectivity index (χ1) is 15.8. The summed E-state index contributed by atoms with van der Waals surface area (Å²) in [6, 6.07) is 43.6. The summed E-state index contributed by atoms with van der Waals surface area (Å²) >= 11 is 0. The van der Waals surface area contributed by atoms with Crippen LogP contribution in [0, 0.1) is 6.92 Å². The molecular formula is C31H23N. The molecule has 0 N–H and O–H groups in total. The number of aromatic nitrogens is 1. The van der Waals surface area contributed by atoms with Gasteiger partial charge in [-0.15, -0.1) is 0 Å². The predicted molar refractivity (Wildman–Crippen MR) is 136 cm³/mol.